The Bertz CT molecular complexity index is 210. The van der Waals surface area contributed by atoms with Gasteiger partial charge in [-0.05, 0) is 33.4 Å². The van der Waals surface area contributed by atoms with E-state index in [9.17, 15) is 4.79 Å². The van der Waals surface area contributed by atoms with Crippen molar-refractivity contribution in [2.45, 2.75) is 28.9 Å². The number of alkyl halides is 2. The number of carbonyl (C=O) groups excluding carboxylic acids is 1. The van der Waals surface area contributed by atoms with Crippen molar-refractivity contribution in [3.63, 3.8) is 0 Å². The highest BCUT2D eigenvalue weighted by Gasteiger charge is 2.39. The van der Waals surface area contributed by atoms with Gasteiger partial charge < -0.3 is 9.69 Å². The van der Waals surface area contributed by atoms with Gasteiger partial charge in [0.25, 0.3) is 0 Å². The zero-order valence-corrected chi connectivity index (χ0v) is 11.8. The van der Waals surface area contributed by atoms with Gasteiger partial charge in [0, 0.05) is 21.6 Å². The van der Waals surface area contributed by atoms with Crippen molar-refractivity contribution in [3.05, 3.63) is 0 Å². The van der Waals surface area contributed by atoms with E-state index in [0.717, 1.165) is 32.1 Å². The maximum atomic E-state index is 11.2. The molecule has 0 spiro atoms. The van der Waals surface area contributed by atoms with E-state index in [1.54, 1.807) is 0 Å². The molecule has 4 heteroatoms. The molecule has 0 saturated heterocycles. The monoisotopic (exact) mass is 325 g/mol. The average Bonchev–Trinajstić information content (AvgIpc) is 2.11. The molecule has 0 aromatic rings. The molecule has 0 aliphatic heterocycles. The Morgan fingerprint density at radius 1 is 1.43 bits per heavy atom. The third-order valence-corrected chi connectivity index (χ3v) is 5.56. The summed E-state index contributed by atoms with van der Waals surface area (Å²) in [7, 11) is 4.05. The summed E-state index contributed by atoms with van der Waals surface area (Å²) in [5.41, 5.74) is -0.137. The summed E-state index contributed by atoms with van der Waals surface area (Å²) in [5.74, 6) is 0. The number of halogens is 2. The molecule has 2 nitrogen and oxygen atoms in total. The average molecular weight is 327 g/mol. The van der Waals surface area contributed by atoms with Crippen LogP contribution in [-0.2, 0) is 4.79 Å². The second-order valence-corrected chi connectivity index (χ2v) is 6.85. The van der Waals surface area contributed by atoms with E-state index in [2.05, 4.69) is 36.8 Å². The quantitative estimate of drug-likeness (QED) is 0.586. The molecule has 1 fully saturated rings. The molecule has 1 aliphatic rings. The summed E-state index contributed by atoms with van der Waals surface area (Å²) in [6.07, 6.45) is 4.15. The van der Waals surface area contributed by atoms with Crippen LogP contribution in [-0.4, -0.2) is 41.5 Å². The predicted molar refractivity (Wildman–Crippen MR) is 66.3 cm³/mol. The lowest BCUT2D eigenvalue weighted by atomic mass is 9.75. The van der Waals surface area contributed by atoms with Crippen molar-refractivity contribution in [2.24, 2.45) is 5.41 Å². The molecule has 0 aromatic carbocycles. The van der Waals surface area contributed by atoms with E-state index in [-0.39, 0.29) is 5.41 Å². The van der Waals surface area contributed by atoms with Gasteiger partial charge in [0.1, 0.15) is 6.29 Å². The van der Waals surface area contributed by atoms with Gasteiger partial charge in [-0.1, -0.05) is 31.9 Å². The topological polar surface area (TPSA) is 20.3 Å². The van der Waals surface area contributed by atoms with E-state index < -0.39 is 0 Å². The molecule has 1 rings (SSSR count). The van der Waals surface area contributed by atoms with Gasteiger partial charge in [0.2, 0.25) is 0 Å². The van der Waals surface area contributed by atoms with Crippen LogP contribution in [0.2, 0.25) is 0 Å². The maximum Gasteiger partial charge on any atom is 0.127 e. The number of carbonyl (C=O) groups is 1. The Kier molecular flexibility index (Phi) is 4.59. The highest BCUT2D eigenvalue weighted by Crippen LogP contribution is 2.40. The summed E-state index contributed by atoms with van der Waals surface area (Å²) in [6.45, 7) is 0.859. The molecule has 0 heterocycles. The standard InChI is InChI=1S/C10H17Br2NO/c1-13(2)6-10(7-14)4-3-8(11)9(12)5-10/h7-9H,3-6H2,1-2H3. The van der Waals surface area contributed by atoms with Crippen LogP contribution >= 0.6 is 31.9 Å². The van der Waals surface area contributed by atoms with E-state index in [1.165, 1.54) is 0 Å². The van der Waals surface area contributed by atoms with Gasteiger partial charge in [-0.3, -0.25) is 0 Å². The highest BCUT2D eigenvalue weighted by atomic mass is 79.9. The molecule has 1 saturated carbocycles. The van der Waals surface area contributed by atoms with Gasteiger partial charge in [0.15, 0.2) is 0 Å². The first-order chi connectivity index (χ1) is 6.49. The molecule has 14 heavy (non-hydrogen) atoms. The first kappa shape index (κ1) is 12.7. The van der Waals surface area contributed by atoms with Gasteiger partial charge in [-0.2, -0.15) is 0 Å². The molecule has 82 valence electrons. The fraction of sp³-hybridized carbons (Fsp3) is 0.900. The Balaban J connectivity index is 2.66. The molecule has 0 amide bonds. The molecular formula is C10H17Br2NO. The second-order valence-electron chi connectivity index (χ2n) is 4.49. The SMILES string of the molecule is CN(C)CC1(C=O)CCC(Br)C(Br)C1. The van der Waals surface area contributed by atoms with Crippen LogP contribution in [0.4, 0.5) is 0 Å². The lowest BCUT2D eigenvalue weighted by molar-refractivity contribution is -0.118. The molecule has 0 aromatic heterocycles. The zero-order chi connectivity index (χ0) is 10.8. The van der Waals surface area contributed by atoms with Crippen molar-refractivity contribution >= 4 is 38.1 Å². The molecule has 3 atom stereocenters. The number of hydrogen-bond acceptors (Lipinski definition) is 2. The first-order valence-electron chi connectivity index (χ1n) is 4.88. The van der Waals surface area contributed by atoms with Gasteiger partial charge in [-0.25, -0.2) is 0 Å². The summed E-state index contributed by atoms with van der Waals surface area (Å²) < 4.78 is 0. The van der Waals surface area contributed by atoms with Crippen LogP contribution in [0.1, 0.15) is 19.3 Å². The molecule has 0 N–H and O–H groups in total. The van der Waals surface area contributed by atoms with Crippen molar-refractivity contribution < 1.29 is 4.79 Å². The Hall–Kier alpha value is 0.590. The predicted octanol–water partition coefficient (Wildman–Crippen LogP) is 2.44. The van der Waals surface area contributed by atoms with Crippen LogP contribution < -0.4 is 0 Å². The normalized spacial score (nSPS) is 38.6. The zero-order valence-electron chi connectivity index (χ0n) is 8.67. The van der Waals surface area contributed by atoms with Gasteiger partial charge in [-0.15, -0.1) is 0 Å². The largest absolute Gasteiger partial charge is 0.308 e. The summed E-state index contributed by atoms with van der Waals surface area (Å²) in [5, 5.41) is 0. The molecular weight excluding hydrogens is 310 g/mol. The Labute approximate surface area is 103 Å². The van der Waals surface area contributed by atoms with E-state index in [1.807, 2.05) is 14.1 Å². The Morgan fingerprint density at radius 3 is 2.50 bits per heavy atom. The van der Waals surface area contributed by atoms with Crippen LogP contribution in [0.5, 0.6) is 0 Å². The van der Waals surface area contributed by atoms with Gasteiger partial charge >= 0.3 is 0 Å². The molecule has 3 unspecified atom stereocenters. The second kappa shape index (κ2) is 5.08. The van der Waals surface area contributed by atoms with Crippen LogP contribution in [0, 0.1) is 5.41 Å². The van der Waals surface area contributed by atoms with E-state index >= 15 is 0 Å². The van der Waals surface area contributed by atoms with Crippen molar-refractivity contribution in [3.8, 4) is 0 Å². The molecule has 1 aliphatic carbocycles. The first-order valence-corrected chi connectivity index (χ1v) is 6.71. The molecule has 0 bridgehead atoms. The highest BCUT2D eigenvalue weighted by molar-refractivity contribution is 9.12. The molecule has 0 radical (unpaired) electrons. The third kappa shape index (κ3) is 3.04. The number of aldehydes is 1. The minimum atomic E-state index is -0.137. The number of nitrogens with zero attached hydrogens (tertiary/aromatic N) is 1. The third-order valence-electron chi connectivity index (χ3n) is 2.79. The fourth-order valence-corrected chi connectivity index (χ4v) is 3.47. The van der Waals surface area contributed by atoms with Gasteiger partial charge in [0.05, 0.1) is 0 Å². The smallest absolute Gasteiger partial charge is 0.127 e. The van der Waals surface area contributed by atoms with Crippen LogP contribution in [0.3, 0.4) is 0 Å². The number of hydrogen-bond donors (Lipinski definition) is 0. The summed E-state index contributed by atoms with van der Waals surface area (Å²) in [6, 6.07) is 0. The van der Waals surface area contributed by atoms with Crippen LogP contribution in [0.25, 0.3) is 0 Å². The maximum absolute atomic E-state index is 11.2. The lowest BCUT2D eigenvalue weighted by Gasteiger charge is -2.39. The van der Waals surface area contributed by atoms with Crippen molar-refractivity contribution in [1.29, 1.82) is 0 Å². The lowest BCUT2D eigenvalue weighted by Crippen LogP contribution is -2.42. The minimum Gasteiger partial charge on any atom is -0.308 e. The van der Waals surface area contributed by atoms with E-state index in [4.69, 9.17) is 0 Å². The Morgan fingerprint density at radius 2 is 2.07 bits per heavy atom. The van der Waals surface area contributed by atoms with Crippen LogP contribution in [0.15, 0.2) is 0 Å². The summed E-state index contributed by atoms with van der Waals surface area (Å²) >= 11 is 7.26. The van der Waals surface area contributed by atoms with Crippen molar-refractivity contribution in [2.75, 3.05) is 20.6 Å². The fourth-order valence-electron chi connectivity index (χ4n) is 2.14. The minimum absolute atomic E-state index is 0.137. The summed E-state index contributed by atoms with van der Waals surface area (Å²) in [4.78, 5) is 14.2. The number of rotatable bonds is 3. The van der Waals surface area contributed by atoms with Crippen molar-refractivity contribution in [1.82, 2.24) is 4.90 Å². The van der Waals surface area contributed by atoms with E-state index in [0.29, 0.717) is 9.65 Å².